The Bertz CT molecular complexity index is 766. The molecule has 28 heavy (non-hydrogen) atoms. The summed E-state index contributed by atoms with van der Waals surface area (Å²) in [6, 6.07) is 8.78. The Kier molecular flexibility index (Phi) is 7.58. The molecule has 0 saturated carbocycles. The molecule has 1 aromatic carbocycles. The number of ether oxygens (including phenoxy) is 3. The molecule has 1 aliphatic heterocycles. The van der Waals surface area contributed by atoms with Gasteiger partial charge in [-0.25, -0.2) is 0 Å². The highest BCUT2D eigenvalue weighted by Gasteiger charge is 2.17. The van der Waals surface area contributed by atoms with Crippen LogP contribution in [0.5, 0.6) is 11.5 Å². The molecule has 2 aromatic rings. The van der Waals surface area contributed by atoms with Crippen LogP contribution in [0.1, 0.15) is 15.2 Å². The fraction of sp³-hybridized carbons (Fsp3) is 0.421. The Morgan fingerprint density at radius 2 is 2.11 bits per heavy atom. The van der Waals surface area contributed by atoms with Crippen molar-refractivity contribution in [3.63, 3.8) is 0 Å². The van der Waals surface area contributed by atoms with Crippen molar-refractivity contribution in [1.82, 2.24) is 10.2 Å². The molecule has 0 aliphatic carbocycles. The SMILES string of the molecule is O=C(NCc1cccc(OCCN2CCOCC2)c1)c1sccc1OC(F)F. The van der Waals surface area contributed by atoms with Gasteiger partial charge in [0, 0.05) is 26.2 Å². The van der Waals surface area contributed by atoms with Crippen molar-refractivity contribution in [3.8, 4) is 11.5 Å². The molecule has 0 spiro atoms. The summed E-state index contributed by atoms with van der Waals surface area (Å²) < 4.78 is 40.2. The fourth-order valence-corrected chi connectivity index (χ4v) is 3.52. The van der Waals surface area contributed by atoms with Gasteiger partial charge in [-0.1, -0.05) is 12.1 Å². The number of carbonyl (C=O) groups excluding carboxylic acids is 1. The number of rotatable bonds is 9. The minimum absolute atomic E-state index is 0.113. The highest BCUT2D eigenvalue weighted by atomic mass is 32.1. The van der Waals surface area contributed by atoms with Gasteiger partial charge < -0.3 is 19.5 Å². The number of hydrogen-bond acceptors (Lipinski definition) is 6. The number of carbonyl (C=O) groups is 1. The molecule has 1 aliphatic rings. The number of nitrogens with one attached hydrogen (secondary N) is 1. The van der Waals surface area contributed by atoms with E-state index in [1.54, 1.807) is 0 Å². The molecule has 1 fully saturated rings. The summed E-state index contributed by atoms with van der Waals surface area (Å²) in [5, 5.41) is 4.26. The molecule has 152 valence electrons. The van der Waals surface area contributed by atoms with Crippen LogP contribution in [-0.4, -0.2) is 56.9 Å². The van der Waals surface area contributed by atoms with E-state index in [0.717, 1.165) is 55.5 Å². The van der Waals surface area contributed by atoms with Crippen molar-refractivity contribution >= 4 is 17.2 Å². The third-order valence-corrected chi connectivity index (χ3v) is 5.08. The zero-order chi connectivity index (χ0) is 19.8. The second-order valence-corrected chi connectivity index (χ2v) is 7.04. The first-order valence-corrected chi connectivity index (χ1v) is 9.82. The minimum atomic E-state index is -2.97. The van der Waals surface area contributed by atoms with Crippen LogP contribution in [0.4, 0.5) is 8.78 Å². The molecule has 1 amide bonds. The molecule has 0 bridgehead atoms. The Morgan fingerprint density at radius 3 is 2.89 bits per heavy atom. The van der Waals surface area contributed by atoms with Gasteiger partial charge in [0.25, 0.3) is 5.91 Å². The van der Waals surface area contributed by atoms with Crippen LogP contribution < -0.4 is 14.8 Å². The lowest BCUT2D eigenvalue weighted by atomic mass is 10.2. The number of alkyl halides is 2. The summed E-state index contributed by atoms with van der Waals surface area (Å²) in [5.41, 5.74) is 0.852. The third kappa shape index (κ3) is 6.15. The molecule has 0 atom stereocenters. The van der Waals surface area contributed by atoms with E-state index in [0.29, 0.717) is 6.61 Å². The van der Waals surface area contributed by atoms with Crippen LogP contribution in [0.15, 0.2) is 35.7 Å². The Labute approximate surface area is 166 Å². The number of amides is 1. The van der Waals surface area contributed by atoms with Crippen LogP contribution in [0, 0.1) is 0 Å². The average molecular weight is 412 g/mol. The van der Waals surface area contributed by atoms with Crippen molar-refractivity contribution in [1.29, 1.82) is 0 Å². The summed E-state index contributed by atoms with van der Waals surface area (Å²) in [4.78, 5) is 14.6. The lowest BCUT2D eigenvalue weighted by molar-refractivity contribution is -0.0498. The smallest absolute Gasteiger partial charge is 0.387 e. The molecular formula is C19H22F2N2O4S. The standard InChI is InChI=1S/C19H22F2N2O4S/c20-19(21)27-16-4-11-28-17(16)18(24)22-13-14-2-1-3-15(12-14)26-10-7-23-5-8-25-9-6-23/h1-4,11-12,19H,5-10,13H2,(H,22,24). The first-order chi connectivity index (χ1) is 13.6. The lowest BCUT2D eigenvalue weighted by Gasteiger charge is -2.26. The van der Waals surface area contributed by atoms with Crippen molar-refractivity contribution in [2.75, 3.05) is 39.5 Å². The van der Waals surface area contributed by atoms with Crippen LogP contribution in [0.3, 0.4) is 0 Å². The zero-order valence-corrected chi connectivity index (χ0v) is 16.1. The average Bonchev–Trinajstić information content (AvgIpc) is 3.15. The Balaban J connectivity index is 1.47. The van der Waals surface area contributed by atoms with Crippen molar-refractivity contribution < 1.29 is 27.8 Å². The normalized spacial score (nSPS) is 14.8. The van der Waals surface area contributed by atoms with Gasteiger partial charge in [-0.2, -0.15) is 8.78 Å². The summed E-state index contributed by atoms with van der Waals surface area (Å²) in [6.07, 6.45) is 0. The number of nitrogens with zero attached hydrogens (tertiary/aromatic N) is 1. The van der Waals surface area contributed by atoms with Crippen LogP contribution in [0.2, 0.25) is 0 Å². The van der Waals surface area contributed by atoms with E-state index in [-0.39, 0.29) is 17.2 Å². The first-order valence-electron chi connectivity index (χ1n) is 8.94. The summed E-state index contributed by atoms with van der Waals surface area (Å²) in [6.45, 7) is 2.02. The van der Waals surface area contributed by atoms with Crippen molar-refractivity contribution in [3.05, 3.63) is 46.2 Å². The highest BCUT2D eigenvalue weighted by molar-refractivity contribution is 7.12. The van der Waals surface area contributed by atoms with E-state index in [2.05, 4.69) is 15.0 Å². The van der Waals surface area contributed by atoms with E-state index in [1.807, 2.05) is 24.3 Å². The van der Waals surface area contributed by atoms with Crippen LogP contribution in [0.25, 0.3) is 0 Å². The number of halogens is 2. The third-order valence-electron chi connectivity index (χ3n) is 4.18. The molecule has 6 nitrogen and oxygen atoms in total. The predicted molar refractivity (Wildman–Crippen MR) is 101 cm³/mol. The summed E-state index contributed by atoms with van der Waals surface area (Å²) >= 11 is 1.05. The maximum absolute atomic E-state index is 12.4. The Hall–Kier alpha value is -2.23. The molecule has 0 unspecified atom stereocenters. The van der Waals surface area contributed by atoms with Gasteiger partial charge in [0.1, 0.15) is 23.0 Å². The highest BCUT2D eigenvalue weighted by Crippen LogP contribution is 2.26. The summed E-state index contributed by atoms with van der Waals surface area (Å²) in [7, 11) is 0. The number of morpholine rings is 1. The molecule has 0 radical (unpaired) electrons. The van der Waals surface area contributed by atoms with Gasteiger partial charge in [-0.05, 0) is 29.1 Å². The van der Waals surface area contributed by atoms with Gasteiger partial charge in [-0.3, -0.25) is 9.69 Å². The summed E-state index contributed by atoms with van der Waals surface area (Å²) in [5.74, 6) is 0.153. The van der Waals surface area contributed by atoms with Crippen LogP contribution in [-0.2, 0) is 11.3 Å². The maximum Gasteiger partial charge on any atom is 0.387 e. The number of thiophene rings is 1. The van der Waals surface area contributed by atoms with Crippen molar-refractivity contribution in [2.45, 2.75) is 13.2 Å². The second kappa shape index (κ2) is 10.4. The Morgan fingerprint density at radius 1 is 1.29 bits per heavy atom. The molecule has 3 rings (SSSR count). The zero-order valence-electron chi connectivity index (χ0n) is 15.2. The molecule has 9 heteroatoms. The quantitative estimate of drug-likeness (QED) is 0.686. The first kappa shape index (κ1) is 20.5. The number of benzene rings is 1. The number of hydrogen-bond donors (Lipinski definition) is 1. The molecular weight excluding hydrogens is 390 g/mol. The predicted octanol–water partition coefficient (Wildman–Crippen LogP) is 2.99. The van der Waals surface area contributed by atoms with E-state index in [9.17, 15) is 13.6 Å². The van der Waals surface area contributed by atoms with Gasteiger partial charge in [0.2, 0.25) is 0 Å². The fourth-order valence-electron chi connectivity index (χ4n) is 2.78. The largest absolute Gasteiger partial charge is 0.492 e. The van der Waals surface area contributed by atoms with E-state index >= 15 is 0 Å². The van der Waals surface area contributed by atoms with E-state index < -0.39 is 12.5 Å². The van der Waals surface area contributed by atoms with Gasteiger partial charge in [0.15, 0.2) is 0 Å². The van der Waals surface area contributed by atoms with Crippen LogP contribution >= 0.6 is 11.3 Å². The molecule has 1 N–H and O–H groups in total. The van der Waals surface area contributed by atoms with Gasteiger partial charge in [0.05, 0.1) is 13.2 Å². The van der Waals surface area contributed by atoms with E-state index in [4.69, 9.17) is 9.47 Å². The maximum atomic E-state index is 12.4. The topological polar surface area (TPSA) is 60.0 Å². The lowest BCUT2D eigenvalue weighted by Crippen LogP contribution is -2.38. The molecule has 1 aromatic heterocycles. The second-order valence-electron chi connectivity index (χ2n) is 6.13. The van der Waals surface area contributed by atoms with E-state index in [1.165, 1.54) is 11.4 Å². The van der Waals surface area contributed by atoms with Crippen molar-refractivity contribution in [2.24, 2.45) is 0 Å². The van der Waals surface area contributed by atoms with Gasteiger partial charge in [-0.15, -0.1) is 11.3 Å². The monoisotopic (exact) mass is 412 g/mol. The van der Waals surface area contributed by atoms with Gasteiger partial charge >= 0.3 is 6.61 Å². The molecule has 2 heterocycles. The minimum Gasteiger partial charge on any atom is -0.492 e. The molecule has 1 saturated heterocycles.